The van der Waals surface area contributed by atoms with Gasteiger partial charge >= 0.3 is 0 Å². The molecule has 1 aromatic heterocycles. The second-order valence-electron chi connectivity index (χ2n) is 5.46. The van der Waals surface area contributed by atoms with E-state index < -0.39 is 0 Å². The molecule has 112 valence electrons. The molecule has 0 spiro atoms. The fourth-order valence-electron chi connectivity index (χ4n) is 2.59. The first kappa shape index (κ1) is 14.1. The van der Waals surface area contributed by atoms with Crippen molar-refractivity contribution in [3.8, 4) is 0 Å². The molecule has 0 unspecified atom stereocenters. The van der Waals surface area contributed by atoms with Gasteiger partial charge in [-0.3, -0.25) is 0 Å². The fraction of sp³-hybridized carbons (Fsp3) is 0.500. The summed E-state index contributed by atoms with van der Waals surface area (Å²) in [4.78, 5) is 4.49. The lowest BCUT2D eigenvalue weighted by Gasteiger charge is -2.37. The molecule has 1 aromatic carbocycles. The van der Waals surface area contributed by atoms with Crippen molar-refractivity contribution in [1.29, 1.82) is 0 Å². The van der Waals surface area contributed by atoms with Crippen molar-refractivity contribution < 1.29 is 9.26 Å². The van der Waals surface area contributed by atoms with E-state index in [1.807, 2.05) is 18.2 Å². The zero-order valence-electron chi connectivity index (χ0n) is 12.3. The first-order valence-electron chi connectivity index (χ1n) is 7.49. The highest BCUT2D eigenvalue weighted by atomic mass is 16.5. The van der Waals surface area contributed by atoms with Crippen molar-refractivity contribution in [2.24, 2.45) is 0 Å². The summed E-state index contributed by atoms with van der Waals surface area (Å²) in [5, 5.41) is 7.46. The molecule has 1 N–H and O–H groups in total. The van der Waals surface area contributed by atoms with Gasteiger partial charge in [-0.1, -0.05) is 23.4 Å². The molecular formula is C16H21N3O2. The van der Waals surface area contributed by atoms with Crippen LogP contribution in [0.2, 0.25) is 0 Å². The predicted molar refractivity (Wildman–Crippen MR) is 80.1 cm³/mol. The normalized spacial score (nSPS) is 16.4. The summed E-state index contributed by atoms with van der Waals surface area (Å²) in [5.74, 6) is 1.41. The van der Waals surface area contributed by atoms with Gasteiger partial charge in [0, 0.05) is 25.8 Å². The maximum Gasteiger partial charge on any atom is 0.226 e. The number of benzene rings is 1. The van der Waals surface area contributed by atoms with Crippen molar-refractivity contribution in [3.05, 3.63) is 42.0 Å². The van der Waals surface area contributed by atoms with Crippen LogP contribution in [0, 0.1) is 0 Å². The number of aromatic nitrogens is 2. The monoisotopic (exact) mass is 287 g/mol. The Balaban J connectivity index is 1.47. The second kappa shape index (κ2) is 6.26. The van der Waals surface area contributed by atoms with E-state index in [9.17, 15) is 0 Å². The van der Waals surface area contributed by atoms with Crippen LogP contribution in [-0.2, 0) is 16.8 Å². The lowest BCUT2D eigenvalue weighted by molar-refractivity contribution is -0.0858. The van der Waals surface area contributed by atoms with Crippen LogP contribution in [0.15, 0.2) is 34.9 Å². The highest BCUT2D eigenvalue weighted by Crippen LogP contribution is 2.42. The van der Waals surface area contributed by atoms with E-state index in [1.54, 1.807) is 7.11 Å². The van der Waals surface area contributed by atoms with Gasteiger partial charge in [-0.25, -0.2) is 0 Å². The molecule has 1 saturated carbocycles. The van der Waals surface area contributed by atoms with E-state index in [1.165, 1.54) is 6.42 Å². The maximum absolute atomic E-state index is 5.56. The number of nitrogens with zero attached hydrogens (tertiary/aromatic N) is 2. The van der Waals surface area contributed by atoms with Crippen molar-refractivity contribution in [1.82, 2.24) is 10.1 Å². The number of anilines is 1. The number of hydrogen-bond donors (Lipinski definition) is 1. The number of nitrogens with one attached hydrogen (secondary N) is 1. The Hall–Kier alpha value is -1.88. The average molecular weight is 287 g/mol. The van der Waals surface area contributed by atoms with Crippen molar-refractivity contribution in [2.75, 3.05) is 19.0 Å². The molecule has 0 saturated heterocycles. The minimum absolute atomic E-state index is 0.288. The van der Waals surface area contributed by atoms with Crippen molar-refractivity contribution in [2.45, 2.75) is 37.7 Å². The molecule has 1 aliphatic carbocycles. The number of para-hydroxylation sites is 1. The molecule has 2 aromatic rings. The number of aryl methyl sites for hydroxylation is 1. The lowest BCUT2D eigenvalue weighted by atomic mass is 9.79. The molecule has 21 heavy (non-hydrogen) atoms. The molecule has 0 bridgehead atoms. The van der Waals surface area contributed by atoms with Crippen LogP contribution in [0.3, 0.4) is 0 Å². The van der Waals surface area contributed by atoms with E-state index in [2.05, 4.69) is 27.6 Å². The molecule has 1 heterocycles. The van der Waals surface area contributed by atoms with Gasteiger partial charge < -0.3 is 14.6 Å². The highest BCUT2D eigenvalue weighted by molar-refractivity contribution is 5.42. The van der Waals surface area contributed by atoms with Crippen LogP contribution < -0.4 is 5.32 Å². The third-order valence-corrected chi connectivity index (χ3v) is 4.10. The number of ether oxygens (including phenoxy) is 1. The molecule has 0 amide bonds. The first-order chi connectivity index (χ1) is 10.3. The van der Waals surface area contributed by atoms with Crippen LogP contribution in [0.1, 0.15) is 37.4 Å². The summed E-state index contributed by atoms with van der Waals surface area (Å²) in [6, 6.07) is 10.2. The summed E-state index contributed by atoms with van der Waals surface area (Å²) in [6.07, 6.45) is 4.87. The minimum Gasteiger partial charge on any atom is -0.385 e. The van der Waals surface area contributed by atoms with Gasteiger partial charge in [0.25, 0.3) is 0 Å². The zero-order valence-corrected chi connectivity index (χ0v) is 12.3. The van der Waals surface area contributed by atoms with Crippen LogP contribution in [0.5, 0.6) is 0 Å². The Bertz CT molecular complexity index is 558. The molecule has 0 aliphatic heterocycles. The predicted octanol–water partition coefficient (Wildman–Crippen LogP) is 3.14. The Morgan fingerprint density at radius 2 is 2.10 bits per heavy atom. The van der Waals surface area contributed by atoms with E-state index in [4.69, 9.17) is 9.26 Å². The Labute approximate surface area is 124 Å². The van der Waals surface area contributed by atoms with E-state index in [-0.39, 0.29) is 5.60 Å². The molecule has 1 fully saturated rings. The second-order valence-corrected chi connectivity index (χ2v) is 5.46. The van der Waals surface area contributed by atoms with Gasteiger partial charge in [-0.2, -0.15) is 4.98 Å². The summed E-state index contributed by atoms with van der Waals surface area (Å²) in [7, 11) is 1.72. The molecule has 5 heteroatoms. The van der Waals surface area contributed by atoms with Crippen LogP contribution in [0.25, 0.3) is 0 Å². The molecular weight excluding hydrogens is 266 g/mol. The maximum atomic E-state index is 5.56. The Kier molecular flexibility index (Phi) is 4.20. The largest absolute Gasteiger partial charge is 0.385 e. The van der Waals surface area contributed by atoms with Gasteiger partial charge in [0.2, 0.25) is 11.7 Å². The molecule has 5 nitrogen and oxygen atoms in total. The molecule has 0 radical (unpaired) electrons. The standard InChI is InChI=1S/C16H21N3O2/c1-20-16(10-6-11-16)15-18-14(21-19-15)9-5-12-17-13-7-3-2-4-8-13/h2-4,7-8,17H,5-6,9-12H2,1H3. The van der Waals surface area contributed by atoms with Gasteiger partial charge in [0.05, 0.1) is 0 Å². The minimum atomic E-state index is -0.288. The van der Waals surface area contributed by atoms with E-state index in [0.29, 0.717) is 11.7 Å². The molecule has 1 aliphatic rings. The number of hydrogen-bond acceptors (Lipinski definition) is 5. The molecule has 3 rings (SSSR count). The topological polar surface area (TPSA) is 60.2 Å². The summed E-state index contributed by atoms with van der Waals surface area (Å²) in [5.41, 5.74) is 0.848. The summed E-state index contributed by atoms with van der Waals surface area (Å²) < 4.78 is 10.9. The molecule has 0 atom stereocenters. The van der Waals surface area contributed by atoms with Gasteiger partial charge in [0.1, 0.15) is 5.60 Å². The number of rotatable bonds is 7. The average Bonchev–Trinajstić information content (AvgIpc) is 2.93. The van der Waals surface area contributed by atoms with E-state index in [0.717, 1.165) is 37.9 Å². The zero-order chi connectivity index (χ0) is 14.5. The SMILES string of the molecule is COC1(c2noc(CCCNc3ccccc3)n2)CCC1. The smallest absolute Gasteiger partial charge is 0.226 e. The summed E-state index contributed by atoms with van der Waals surface area (Å²) in [6.45, 7) is 0.886. The fourth-order valence-corrected chi connectivity index (χ4v) is 2.59. The third kappa shape index (κ3) is 3.08. The van der Waals surface area contributed by atoms with Gasteiger partial charge in [-0.05, 0) is 37.8 Å². The highest BCUT2D eigenvalue weighted by Gasteiger charge is 2.43. The first-order valence-corrected chi connectivity index (χ1v) is 7.49. The van der Waals surface area contributed by atoms with Crippen molar-refractivity contribution >= 4 is 5.69 Å². The van der Waals surface area contributed by atoms with Crippen LogP contribution in [-0.4, -0.2) is 23.8 Å². The van der Waals surface area contributed by atoms with E-state index >= 15 is 0 Å². The van der Waals surface area contributed by atoms with Crippen LogP contribution >= 0.6 is 0 Å². The summed E-state index contributed by atoms with van der Waals surface area (Å²) >= 11 is 0. The Morgan fingerprint density at radius 3 is 2.76 bits per heavy atom. The van der Waals surface area contributed by atoms with Crippen LogP contribution in [0.4, 0.5) is 5.69 Å². The lowest BCUT2D eigenvalue weighted by Crippen LogP contribution is -2.37. The van der Waals surface area contributed by atoms with Gasteiger partial charge in [0.15, 0.2) is 0 Å². The quantitative estimate of drug-likeness (QED) is 0.793. The Morgan fingerprint density at radius 1 is 1.29 bits per heavy atom. The number of methoxy groups -OCH3 is 1. The van der Waals surface area contributed by atoms with Gasteiger partial charge in [-0.15, -0.1) is 0 Å². The van der Waals surface area contributed by atoms with Crippen molar-refractivity contribution in [3.63, 3.8) is 0 Å². The third-order valence-electron chi connectivity index (χ3n) is 4.10.